The molecule has 0 fully saturated rings. The third kappa shape index (κ3) is 3.34. The van der Waals surface area contributed by atoms with Crippen LogP contribution in [0.25, 0.3) is 0 Å². The van der Waals surface area contributed by atoms with Crippen LogP contribution >= 0.6 is 11.6 Å². The summed E-state index contributed by atoms with van der Waals surface area (Å²) < 4.78 is 40.7. The minimum atomic E-state index is -4.09. The smallest absolute Gasteiger partial charge is 0.246 e. The SMILES string of the molecule is CC(NS(=O)(=O)c1c(N)cccc1F)c1ccccc1Cl. The van der Waals surface area contributed by atoms with E-state index in [2.05, 4.69) is 4.72 Å². The maximum absolute atomic E-state index is 13.8. The van der Waals surface area contributed by atoms with Crippen LogP contribution in [0.5, 0.6) is 0 Å². The van der Waals surface area contributed by atoms with E-state index in [0.29, 0.717) is 10.6 Å². The third-order valence-electron chi connectivity index (χ3n) is 2.97. The number of nitrogens with two attached hydrogens (primary N) is 1. The molecule has 0 bridgehead atoms. The van der Waals surface area contributed by atoms with Crippen molar-refractivity contribution < 1.29 is 12.8 Å². The molecular weight excluding hydrogens is 315 g/mol. The van der Waals surface area contributed by atoms with Crippen LogP contribution in [0.1, 0.15) is 18.5 Å². The van der Waals surface area contributed by atoms with E-state index in [0.717, 1.165) is 6.07 Å². The first-order valence-corrected chi connectivity index (χ1v) is 8.00. The average molecular weight is 329 g/mol. The fourth-order valence-corrected chi connectivity index (χ4v) is 3.70. The van der Waals surface area contributed by atoms with Gasteiger partial charge >= 0.3 is 0 Å². The van der Waals surface area contributed by atoms with E-state index >= 15 is 0 Å². The second-order valence-electron chi connectivity index (χ2n) is 4.52. The van der Waals surface area contributed by atoms with Crippen LogP contribution in [0.2, 0.25) is 5.02 Å². The first-order chi connectivity index (χ1) is 9.83. The summed E-state index contributed by atoms with van der Waals surface area (Å²) in [6.07, 6.45) is 0. The van der Waals surface area contributed by atoms with Crippen molar-refractivity contribution in [2.45, 2.75) is 17.9 Å². The maximum Gasteiger partial charge on any atom is 0.246 e. The van der Waals surface area contributed by atoms with Crippen LogP contribution in [-0.2, 0) is 10.0 Å². The summed E-state index contributed by atoms with van der Waals surface area (Å²) >= 11 is 6.02. The molecular formula is C14H14ClFN2O2S. The molecule has 2 aromatic carbocycles. The molecule has 0 aliphatic carbocycles. The second-order valence-corrected chi connectivity index (χ2v) is 6.58. The second kappa shape index (κ2) is 6.01. The monoisotopic (exact) mass is 328 g/mol. The molecule has 3 N–H and O–H groups in total. The molecule has 1 atom stereocenters. The minimum Gasteiger partial charge on any atom is -0.398 e. The lowest BCUT2D eigenvalue weighted by atomic mass is 10.1. The molecule has 2 aromatic rings. The van der Waals surface area contributed by atoms with Crippen molar-refractivity contribution in [1.29, 1.82) is 0 Å². The summed E-state index contributed by atoms with van der Waals surface area (Å²) in [7, 11) is -4.09. The Balaban J connectivity index is 2.36. The number of rotatable bonds is 4. The molecule has 21 heavy (non-hydrogen) atoms. The van der Waals surface area contributed by atoms with E-state index in [-0.39, 0.29) is 5.69 Å². The van der Waals surface area contributed by atoms with Gasteiger partial charge in [-0.25, -0.2) is 17.5 Å². The van der Waals surface area contributed by atoms with Gasteiger partial charge in [-0.15, -0.1) is 0 Å². The van der Waals surface area contributed by atoms with Gasteiger partial charge in [-0.1, -0.05) is 35.9 Å². The fourth-order valence-electron chi connectivity index (χ4n) is 1.99. The van der Waals surface area contributed by atoms with E-state index < -0.39 is 26.8 Å². The molecule has 1 unspecified atom stereocenters. The highest BCUT2D eigenvalue weighted by Crippen LogP contribution is 2.26. The van der Waals surface area contributed by atoms with E-state index in [4.69, 9.17) is 17.3 Å². The molecule has 0 aromatic heterocycles. The summed E-state index contributed by atoms with van der Waals surface area (Å²) in [5, 5.41) is 0.425. The highest BCUT2D eigenvalue weighted by Gasteiger charge is 2.25. The molecule has 112 valence electrons. The molecule has 0 radical (unpaired) electrons. The summed E-state index contributed by atoms with van der Waals surface area (Å²) in [6, 6.07) is 9.93. The zero-order valence-corrected chi connectivity index (χ0v) is 12.7. The first-order valence-electron chi connectivity index (χ1n) is 6.13. The van der Waals surface area contributed by atoms with E-state index in [1.807, 2.05) is 0 Å². The quantitative estimate of drug-likeness (QED) is 0.847. The van der Waals surface area contributed by atoms with Crippen LogP contribution in [0.3, 0.4) is 0 Å². The Bertz CT molecular complexity index is 745. The Kier molecular flexibility index (Phi) is 4.51. The van der Waals surface area contributed by atoms with Gasteiger partial charge < -0.3 is 5.73 Å². The summed E-state index contributed by atoms with van der Waals surface area (Å²) in [4.78, 5) is -0.552. The largest absolute Gasteiger partial charge is 0.398 e. The lowest BCUT2D eigenvalue weighted by Crippen LogP contribution is -2.28. The molecule has 0 amide bonds. The van der Waals surface area contributed by atoms with Crippen molar-refractivity contribution in [1.82, 2.24) is 4.72 Å². The number of anilines is 1. The molecule has 0 spiro atoms. The van der Waals surface area contributed by atoms with Crippen LogP contribution in [0.4, 0.5) is 10.1 Å². The van der Waals surface area contributed by atoms with Gasteiger partial charge in [0.2, 0.25) is 10.0 Å². The summed E-state index contributed by atoms with van der Waals surface area (Å²) in [5.41, 5.74) is 6.02. The zero-order valence-electron chi connectivity index (χ0n) is 11.2. The molecule has 4 nitrogen and oxygen atoms in total. The summed E-state index contributed by atoms with van der Waals surface area (Å²) in [6.45, 7) is 1.62. The topological polar surface area (TPSA) is 72.2 Å². The Morgan fingerprint density at radius 3 is 2.48 bits per heavy atom. The van der Waals surface area contributed by atoms with Crippen molar-refractivity contribution in [3.63, 3.8) is 0 Å². The van der Waals surface area contributed by atoms with Crippen molar-refractivity contribution in [2.75, 3.05) is 5.73 Å². The van der Waals surface area contributed by atoms with Gasteiger partial charge in [0.15, 0.2) is 0 Å². The number of hydrogen-bond donors (Lipinski definition) is 2. The Hall–Kier alpha value is -1.63. The number of benzene rings is 2. The minimum absolute atomic E-state index is 0.145. The molecule has 0 aliphatic rings. The number of nitrogens with one attached hydrogen (secondary N) is 1. The number of halogens is 2. The highest BCUT2D eigenvalue weighted by molar-refractivity contribution is 7.89. The zero-order chi connectivity index (χ0) is 15.6. The van der Waals surface area contributed by atoms with Gasteiger partial charge in [0, 0.05) is 11.1 Å². The molecule has 2 rings (SSSR count). The van der Waals surface area contributed by atoms with Crippen molar-refractivity contribution in [2.24, 2.45) is 0 Å². The fraction of sp³-hybridized carbons (Fsp3) is 0.143. The van der Waals surface area contributed by atoms with Gasteiger partial charge in [0.1, 0.15) is 10.7 Å². The van der Waals surface area contributed by atoms with E-state index in [9.17, 15) is 12.8 Å². The number of sulfonamides is 1. The van der Waals surface area contributed by atoms with Gasteiger partial charge in [-0.3, -0.25) is 0 Å². The van der Waals surface area contributed by atoms with E-state index in [1.165, 1.54) is 12.1 Å². The summed E-state index contributed by atoms with van der Waals surface area (Å²) in [5.74, 6) is -0.895. The van der Waals surface area contributed by atoms with Crippen LogP contribution in [0, 0.1) is 5.82 Å². The maximum atomic E-state index is 13.8. The Labute approximate surface area is 127 Å². The predicted molar refractivity (Wildman–Crippen MR) is 81.0 cm³/mol. The Morgan fingerprint density at radius 1 is 1.19 bits per heavy atom. The molecule has 0 saturated heterocycles. The average Bonchev–Trinajstić information content (AvgIpc) is 2.37. The highest BCUT2D eigenvalue weighted by atomic mass is 35.5. The van der Waals surface area contributed by atoms with Crippen molar-refractivity contribution in [3.05, 3.63) is 58.9 Å². The molecule has 0 saturated carbocycles. The van der Waals surface area contributed by atoms with Gasteiger partial charge in [0.05, 0.1) is 5.69 Å². The van der Waals surface area contributed by atoms with Crippen LogP contribution < -0.4 is 10.5 Å². The molecule has 0 heterocycles. The lowest BCUT2D eigenvalue weighted by Gasteiger charge is -2.17. The van der Waals surface area contributed by atoms with Crippen LogP contribution in [-0.4, -0.2) is 8.42 Å². The standard InChI is InChI=1S/C14H14ClFN2O2S/c1-9(10-5-2-3-6-11(10)15)18-21(19,20)14-12(16)7-4-8-13(14)17/h2-9,18H,17H2,1H3. The van der Waals surface area contributed by atoms with Gasteiger partial charge in [-0.05, 0) is 30.7 Å². The van der Waals surface area contributed by atoms with Crippen molar-refractivity contribution >= 4 is 27.3 Å². The number of nitrogen functional groups attached to an aromatic ring is 1. The third-order valence-corrected chi connectivity index (χ3v) is 4.95. The first kappa shape index (κ1) is 15.8. The lowest BCUT2D eigenvalue weighted by molar-refractivity contribution is 0.548. The normalized spacial score (nSPS) is 13.1. The van der Waals surface area contributed by atoms with Crippen LogP contribution in [0.15, 0.2) is 47.4 Å². The van der Waals surface area contributed by atoms with Gasteiger partial charge in [0.25, 0.3) is 0 Å². The molecule has 7 heteroatoms. The predicted octanol–water partition coefficient (Wildman–Crippen LogP) is 3.10. The van der Waals surface area contributed by atoms with E-state index in [1.54, 1.807) is 31.2 Å². The Morgan fingerprint density at radius 2 is 1.86 bits per heavy atom. The van der Waals surface area contributed by atoms with Crippen molar-refractivity contribution in [3.8, 4) is 0 Å². The number of hydrogen-bond acceptors (Lipinski definition) is 3. The van der Waals surface area contributed by atoms with Gasteiger partial charge in [-0.2, -0.15) is 0 Å². The molecule has 0 aliphatic heterocycles.